The van der Waals surface area contributed by atoms with Crippen molar-refractivity contribution in [3.8, 4) is 0 Å². The molecule has 0 unspecified atom stereocenters. The first-order valence-corrected chi connectivity index (χ1v) is 6.32. The van der Waals surface area contributed by atoms with Crippen LogP contribution in [0.15, 0.2) is 12.3 Å². The maximum atomic E-state index is 12.0. The van der Waals surface area contributed by atoms with E-state index in [1.54, 1.807) is 16.8 Å². The number of carbonyl (C=O) groups excluding carboxylic acids is 1. The first kappa shape index (κ1) is 12.7. The molecule has 0 spiro atoms. The molecule has 0 aromatic carbocycles. The van der Waals surface area contributed by atoms with Crippen LogP contribution in [0.3, 0.4) is 0 Å². The van der Waals surface area contributed by atoms with Crippen molar-refractivity contribution in [3.05, 3.63) is 23.5 Å². The highest BCUT2D eigenvalue weighted by molar-refractivity contribution is 5.89. The van der Waals surface area contributed by atoms with E-state index in [-0.39, 0.29) is 12.5 Å². The number of rotatable bonds is 4. The van der Waals surface area contributed by atoms with Crippen molar-refractivity contribution in [3.63, 3.8) is 0 Å². The molecule has 5 nitrogen and oxygen atoms in total. The Labute approximate surface area is 106 Å². The second-order valence-corrected chi connectivity index (χ2v) is 4.55. The Morgan fingerprint density at radius 3 is 2.56 bits per heavy atom. The van der Waals surface area contributed by atoms with Crippen LogP contribution in [0, 0.1) is 0 Å². The molecule has 1 aliphatic rings. The molecule has 2 rings (SSSR count). The number of likely N-dealkylation sites (tertiary alicyclic amines) is 1. The molecule has 1 fully saturated rings. The summed E-state index contributed by atoms with van der Waals surface area (Å²) in [6.07, 6.45) is 4.44. The monoisotopic (exact) mass is 250 g/mol. The van der Waals surface area contributed by atoms with Crippen LogP contribution in [-0.2, 0) is 17.8 Å². The summed E-state index contributed by atoms with van der Waals surface area (Å²) in [6, 6.07) is 1.57. The highest BCUT2D eigenvalue weighted by Gasteiger charge is 2.20. The van der Waals surface area contributed by atoms with E-state index in [1.807, 2.05) is 11.8 Å². The van der Waals surface area contributed by atoms with Gasteiger partial charge in [0, 0.05) is 25.0 Å². The highest BCUT2D eigenvalue weighted by Crippen LogP contribution is 2.14. The molecule has 0 aliphatic carbocycles. The lowest BCUT2D eigenvalue weighted by molar-refractivity contribution is -0.130. The lowest BCUT2D eigenvalue weighted by Gasteiger charge is -2.16. The third-order valence-electron chi connectivity index (χ3n) is 3.41. The van der Waals surface area contributed by atoms with Gasteiger partial charge in [-0.25, -0.2) is 4.79 Å². The molecule has 98 valence electrons. The van der Waals surface area contributed by atoms with Crippen molar-refractivity contribution in [1.29, 1.82) is 0 Å². The minimum absolute atomic E-state index is 0.0785. The number of carbonyl (C=O) groups is 2. The Hall–Kier alpha value is -1.78. The SMILES string of the molecule is CCc1c(C(=O)O)ccn1CC(=O)N1CCCC1. The third kappa shape index (κ3) is 2.39. The predicted molar refractivity (Wildman–Crippen MR) is 66.6 cm³/mol. The van der Waals surface area contributed by atoms with E-state index in [1.165, 1.54) is 0 Å². The number of hydrogen-bond acceptors (Lipinski definition) is 2. The van der Waals surface area contributed by atoms with E-state index in [4.69, 9.17) is 5.11 Å². The van der Waals surface area contributed by atoms with Crippen LogP contribution < -0.4 is 0 Å². The van der Waals surface area contributed by atoms with Crippen molar-refractivity contribution in [1.82, 2.24) is 9.47 Å². The molecular weight excluding hydrogens is 232 g/mol. The van der Waals surface area contributed by atoms with Gasteiger partial charge in [0.15, 0.2) is 0 Å². The Kier molecular flexibility index (Phi) is 3.69. The van der Waals surface area contributed by atoms with Gasteiger partial charge in [0.25, 0.3) is 0 Å². The van der Waals surface area contributed by atoms with Gasteiger partial charge in [0.1, 0.15) is 6.54 Å². The number of nitrogens with zero attached hydrogens (tertiary/aromatic N) is 2. The second kappa shape index (κ2) is 5.25. The third-order valence-corrected chi connectivity index (χ3v) is 3.41. The Morgan fingerprint density at radius 1 is 1.33 bits per heavy atom. The molecule has 1 aromatic rings. The van der Waals surface area contributed by atoms with E-state index in [9.17, 15) is 9.59 Å². The Bertz CT molecular complexity index is 459. The molecule has 2 heterocycles. The Morgan fingerprint density at radius 2 is 2.00 bits per heavy atom. The van der Waals surface area contributed by atoms with Gasteiger partial charge in [-0.05, 0) is 25.3 Å². The fourth-order valence-electron chi connectivity index (χ4n) is 2.45. The van der Waals surface area contributed by atoms with Gasteiger partial charge in [-0.3, -0.25) is 4.79 Å². The molecule has 0 saturated carbocycles. The fraction of sp³-hybridized carbons (Fsp3) is 0.538. The van der Waals surface area contributed by atoms with E-state index in [2.05, 4.69) is 0 Å². The number of aromatic carboxylic acids is 1. The zero-order valence-electron chi connectivity index (χ0n) is 10.6. The molecular formula is C13H18N2O3. The first-order valence-electron chi connectivity index (χ1n) is 6.32. The van der Waals surface area contributed by atoms with Crippen LogP contribution in [0.5, 0.6) is 0 Å². The van der Waals surface area contributed by atoms with E-state index >= 15 is 0 Å². The summed E-state index contributed by atoms with van der Waals surface area (Å²) >= 11 is 0. The van der Waals surface area contributed by atoms with Crippen molar-refractivity contribution >= 4 is 11.9 Å². The number of aromatic nitrogens is 1. The number of hydrogen-bond donors (Lipinski definition) is 1. The van der Waals surface area contributed by atoms with Crippen LogP contribution in [0.1, 0.15) is 35.8 Å². The van der Waals surface area contributed by atoms with Crippen LogP contribution in [0.2, 0.25) is 0 Å². The Balaban J connectivity index is 2.13. The molecule has 0 radical (unpaired) electrons. The summed E-state index contributed by atoms with van der Waals surface area (Å²) in [5, 5.41) is 9.05. The van der Waals surface area contributed by atoms with Crippen LogP contribution in [0.4, 0.5) is 0 Å². The topological polar surface area (TPSA) is 62.5 Å². The maximum absolute atomic E-state index is 12.0. The van der Waals surface area contributed by atoms with Crippen molar-refractivity contribution in [2.24, 2.45) is 0 Å². The summed E-state index contributed by atoms with van der Waals surface area (Å²) in [5.41, 5.74) is 1.02. The summed E-state index contributed by atoms with van der Waals surface area (Å²) < 4.78 is 1.75. The molecule has 18 heavy (non-hydrogen) atoms. The lowest BCUT2D eigenvalue weighted by atomic mass is 10.2. The normalized spacial score (nSPS) is 15.1. The highest BCUT2D eigenvalue weighted by atomic mass is 16.4. The second-order valence-electron chi connectivity index (χ2n) is 4.55. The van der Waals surface area contributed by atoms with Crippen LogP contribution in [0.25, 0.3) is 0 Å². The van der Waals surface area contributed by atoms with E-state index < -0.39 is 5.97 Å². The van der Waals surface area contributed by atoms with Crippen molar-refractivity contribution < 1.29 is 14.7 Å². The summed E-state index contributed by atoms with van der Waals surface area (Å²) in [5.74, 6) is -0.853. The zero-order chi connectivity index (χ0) is 13.1. The van der Waals surface area contributed by atoms with E-state index in [0.717, 1.165) is 31.6 Å². The van der Waals surface area contributed by atoms with E-state index in [0.29, 0.717) is 12.0 Å². The molecule has 1 aliphatic heterocycles. The van der Waals surface area contributed by atoms with Gasteiger partial charge in [-0.1, -0.05) is 6.92 Å². The molecule has 0 atom stereocenters. The first-order chi connectivity index (χ1) is 8.63. The molecule has 5 heteroatoms. The van der Waals surface area contributed by atoms with Gasteiger partial charge in [0.2, 0.25) is 5.91 Å². The summed E-state index contributed by atoms with van der Waals surface area (Å²) in [4.78, 5) is 24.9. The average Bonchev–Trinajstić information content (AvgIpc) is 2.97. The van der Waals surface area contributed by atoms with Crippen molar-refractivity contribution in [2.45, 2.75) is 32.7 Å². The molecule has 1 N–H and O–H groups in total. The average molecular weight is 250 g/mol. The predicted octanol–water partition coefficient (Wildman–Crippen LogP) is 1.37. The quantitative estimate of drug-likeness (QED) is 0.878. The summed E-state index contributed by atoms with van der Waals surface area (Å²) in [6.45, 7) is 3.80. The zero-order valence-corrected chi connectivity index (χ0v) is 10.6. The van der Waals surface area contributed by atoms with Gasteiger partial charge in [-0.2, -0.15) is 0 Å². The molecule has 1 amide bonds. The van der Waals surface area contributed by atoms with Gasteiger partial charge in [0.05, 0.1) is 5.56 Å². The minimum Gasteiger partial charge on any atom is -0.478 e. The van der Waals surface area contributed by atoms with Gasteiger partial charge >= 0.3 is 5.97 Å². The summed E-state index contributed by atoms with van der Waals surface area (Å²) in [7, 11) is 0. The largest absolute Gasteiger partial charge is 0.478 e. The smallest absolute Gasteiger partial charge is 0.337 e. The van der Waals surface area contributed by atoms with Gasteiger partial charge < -0.3 is 14.6 Å². The van der Waals surface area contributed by atoms with Crippen LogP contribution >= 0.6 is 0 Å². The minimum atomic E-state index is -0.931. The molecule has 1 aromatic heterocycles. The number of amides is 1. The molecule has 0 bridgehead atoms. The van der Waals surface area contributed by atoms with Gasteiger partial charge in [-0.15, -0.1) is 0 Å². The molecule has 1 saturated heterocycles. The fourth-order valence-corrected chi connectivity index (χ4v) is 2.45. The van der Waals surface area contributed by atoms with Crippen LogP contribution in [-0.4, -0.2) is 39.5 Å². The van der Waals surface area contributed by atoms with Crippen molar-refractivity contribution in [2.75, 3.05) is 13.1 Å². The number of carboxylic acids is 1. The maximum Gasteiger partial charge on any atom is 0.337 e. The number of carboxylic acid groups (broad SMARTS) is 1. The standard InChI is InChI=1S/C13H18N2O3/c1-2-11-10(13(17)18)5-8-15(11)9-12(16)14-6-3-4-7-14/h5,8H,2-4,6-7,9H2,1H3,(H,17,18). The lowest BCUT2D eigenvalue weighted by Crippen LogP contribution is -2.31.